The summed E-state index contributed by atoms with van der Waals surface area (Å²) < 4.78 is 0. The average Bonchev–Trinajstić information content (AvgIpc) is 2.42. The molecule has 0 spiro atoms. The van der Waals surface area contributed by atoms with Gasteiger partial charge in [0, 0.05) is 17.6 Å². The molecule has 100 valence electrons. The predicted molar refractivity (Wildman–Crippen MR) is 74.3 cm³/mol. The Morgan fingerprint density at radius 2 is 2.06 bits per heavy atom. The highest BCUT2D eigenvalue weighted by molar-refractivity contribution is 5.78. The van der Waals surface area contributed by atoms with Gasteiger partial charge in [-0.15, -0.1) is 0 Å². The zero-order chi connectivity index (χ0) is 13.1. The minimum Gasteiger partial charge on any atom is -0.370 e. The van der Waals surface area contributed by atoms with Crippen molar-refractivity contribution in [2.45, 2.75) is 58.5 Å². The van der Waals surface area contributed by atoms with Crippen LogP contribution >= 0.6 is 0 Å². The van der Waals surface area contributed by atoms with Gasteiger partial charge in [-0.2, -0.15) is 0 Å². The first-order valence-electron chi connectivity index (χ1n) is 6.54. The monoisotopic (exact) mass is 240 g/mol. The zero-order valence-corrected chi connectivity index (χ0v) is 12.0. The van der Waals surface area contributed by atoms with Crippen LogP contribution in [0.2, 0.25) is 0 Å². The summed E-state index contributed by atoms with van der Waals surface area (Å²) in [6.45, 7) is 13.8. The summed E-state index contributed by atoms with van der Waals surface area (Å²) in [6, 6.07) is 0. The SMILES string of the molecule is CC(C)(C)NC(N)=NCCN1CCCC1(C)C. The van der Waals surface area contributed by atoms with E-state index < -0.39 is 0 Å². The second-order valence-electron chi connectivity index (χ2n) is 6.54. The third-order valence-corrected chi connectivity index (χ3v) is 3.23. The number of nitrogens with zero attached hydrogens (tertiary/aromatic N) is 2. The maximum absolute atomic E-state index is 5.83. The van der Waals surface area contributed by atoms with Gasteiger partial charge in [0.1, 0.15) is 0 Å². The highest BCUT2D eigenvalue weighted by atomic mass is 15.2. The first kappa shape index (κ1) is 14.3. The van der Waals surface area contributed by atoms with E-state index in [9.17, 15) is 0 Å². The van der Waals surface area contributed by atoms with E-state index in [4.69, 9.17) is 5.73 Å². The maximum atomic E-state index is 5.83. The van der Waals surface area contributed by atoms with Crippen molar-refractivity contribution in [2.75, 3.05) is 19.6 Å². The van der Waals surface area contributed by atoms with E-state index in [1.54, 1.807) is 0 Å². The summed E-state index contributed by atoms with van der Waals surface area (Å²) >= 11 is 0. The molecule has 0 aromatic carbocycles. The molecule has 0 bridgehead atoms. The number of guanidine groups is 1. The van der Waals surface area contributed by atoms with Crippen molar-refractivity contribution < 1.29 is 0 Å². The Morgan fingerprint density at radius 3 is 2.53 bits per heavy atom. The van der Waals surface area contributed by atoms with Crippen LogP contribution in [0.4, 0.5) is 0 Å². The van der Waals surface area contributed by atoms with E-state index in [0.29, 0.717) is 11.5 Å². The third-order valence-electron chi connectivity index (χ3n) is 3.23. The predicted octanol–water partition coefficient (Wildman–Crippen LogP) is 1.56. The first-order chi connectivity index (χ1) is 7.71. The molecule has 3 N–H and O–H groups in total. The molecule has 4 nitrogen and oxygen atoms in total. The molecule has 1 heterocycles. The molecular weight excluding hydrogens is 212 g/mol. The molecule has 1 saturated heterocycles. The second-order valence-corrected chi connectivity index (χ2v) is 6.54. The van der Waals surface area contributed by atoms with Crippen LogP contribution in [0.15, 0.2) is 4.99 Å². The Kier molecular flexibility index (Phi) is 4.42. The summed E-state index contributed by atoms with van der Waals surface area (Å²) in [5, 5.41) is 3.17. The molecule has 0 aromatic rings. The Labute approximate surface area is 106 Å². The van der Waals surface area contributed by atoms with Gasteiger partial charge in [0.05, 0.1) is 6.54 Å². The van der Waals surface area contributed by atoms with E-state index in [0.717, 1.165) is 13.1 Å². The Bertz CT molecular complexity index is 276. The molecule has 1 fully saturated rings. The number of hydrogen-bond donors (Lipinski definition) is 2. The molecule has 1 aliphatic rings. The van der Waals surface area contributed by atoms with Crippen molar-refractivity contribution in [2.24, 2.45) is 10.7 Å². The van der Waals surface area contributed by atoms with E-state index >= 15 is 0 Å². The molecule has 1 aliphatic heterocycles. The van der Waals surface area contributed by atoms with Crippen LogP contribution in [0.5, 0.6) is 0 Å². The molecule has 0 saturated carbocycles. The minimum absolute atomic E-state index is 0.0134. The topological polar surface area (TPSA) is 53.6 Å². The van der Waals surface area contributed by atoms with Gasteiger partial charge in [0.15, 0.2) is 5.96 Å². The van der Waals surface area contributed by atoms with Crippen molar-refractivity contribution in [1.82, 2.24) is 10.2 Å². The van der Waals surface area contributed by atoms with Gasteiger partial charge in [0.25, 0.3) is 0 Å². The Hall–Kier alpha value is -0.770. The molecule has 4 heteroatoms. The van der Waals surface area contributed by atoms with Crippen LogP contribution in [0, 0.1) is 0 Å². The van der Waals surface area contributed by atoms with E-state index in [1.165, 1.54) is 19.4 Å². The quantitative estimate of drug-likeness (QED) is 0.581. The number of hydrogen-bond acceptors (Lipinski definition) is 2. The van der Waals surface area contributed by atoms with Crippen LogP contribution in [0.1, 0.15) is 47.5 Å². The summed E-state index contributed by atoms with van der Waals surface area (Å²) in [6.07, 6.45) is 2.58. The minimum atomic E-state index is -0.0134. The molecule has 0 radical (unpaired) electrons. The van der Waals surface area contributed by atoms with Crippen LogP contribution in [0.3, 0.4) is 0 Å². The molecular formula is C13H28N4. The Balaban J connectivity index is 2.34. The smallest absolute Gasteiger partial charge is 0.189 e. The standard InChI is InChI=1S/C13H28N4/c1-12(2,3)16-11(14)15-8-10-17-9-6-7-13(17,4)5/h6-10H2,1-5H3,(H3,14,15,16). The van der Waals surface area contributed by atoms with Crippen molar-refractivity contribution in [3.8, 4) is 0 Å². The normalized spacial score (nSPS) is 21.8. The van der Waals surface area contributed by atoms with Crippen LogP contribution in [0.25, 0.3) is 0 Å². The second kappa shape index (κ2) is 5.25. The summed E-state index contributed by atoms with van der Waals surface area (Å²) in [4.78, 5) is 6.88. The molecule has 1 rings (SSSR count). The molecule has 0 aromatic heterocycles. The van der Waals surface area contributed by atoms with Gasteiger partial charge in [-0.3, -0.25) is 9.89 Å². The van der Waals surface area contributed by atoms with Crippen molar-refractivity contribution in [3.05, 3.63) is 0 Å². The molecule has 0 atom stereocenters. The summed E-state index contributed by atoms with van der Waals surface area (Å²) in [7, 11) is 0. The van der Waals surface area contributed by atoms with Crippen molar-refractivity contribution >= 4 is 5.96 Å². The first-order valence-corrected chi connectivity index (χ1v) is 6.54. The van der Waals surface area contributed by atoms with E-state index in [-0.39, 0.29) is 5.54 Å². The van der Waals surface area contributed by atoms with Crippen LogP contribution in [-0.4, -0.2) is 41.6 Å². The highest BCUT2D eigenvalue weighted by Crippen LogP contribution is 2.27. The summed E-state index contributed by atoms with van der Waals surface area (Å²) in [5.74, 6) is 0.550. The molecule has 17 heavy (non-hydrogen) atoms. The highest BCUT2D eigenvalue weighted by Gasteiger charge is 2.30. The zero-order valence-electron chi connectivity index (χ0n) is 12.0. The van der Waals surface area contributed by atoms with Gasteiger partial charge in [-0.05, 0) is 54.0 Å². The van der Waals surface area contributed by atoms with Crippen molar-refractivity contribution in [3.63, 3.8) is 0 Å². The molecule has 0 aliphatic carbocycles. The molecule has 0 unspecified atom stereocenters. The van der Waals surface area contributed by atoms with Gasteiger partial charge < -0.3 is 11.1 Å². The molecule has 0 amide bonds. The summed E-state index contributed by atoms with van der Waals surface area (Å²) in [5.41, 5.74) is 6.15. The van der Waals surface area contributed by atoms with Gasteiger partial charge in [-0.25, -0.2) is 0 Å². The van der Waals surface area contributed by atoms with Crippen molar-refractivity contribution in [1.29, 1.82) is 0 Å². The average molecular weight is 240 g/mol. The van der Waals surface area contributed by atoms with Crippen LogP contribution < -0.4 is 11.1 Å². The van der Waals surface area contributed by atoms with E-state index in [1.807, 2.05) is 0 Å². The fourth-order valence-corrected chi connectivity index (χ4v) is 2.29. The fourth-order valence-electron chi connectivity index (χ4n) is 2.29. The van der Waals surface area contributed by atoms with E-state index in [2.05, 4.69) is 49.8 Å². The maximum Gasteiger partial charge on any atom is 0.189 e. The number of nitrogens with one attached hydrogen (secondary N) is 1. The number of likely N-dealkylation sites (tertiary alicyclic amines) is 1. The largest absolute Gasteiger partial charge is 0.370 e. The van der Waals surface area contributed by atoms with Crippen LogP contribution in [-0.2, 0) is 0 Å². The van der Waals surface area contributed by atoms with Gasteiger partial charge in [0.2, 0.25) is 0 Å². The number of nitrogens with two attached hydrogens (primary N) is 1. The lowest BCUT2D eigenvalue weighted by molar-refractivity contribution is 0.180. The van der Waals surface area contributed by atoms with Gasteiger partial charge >= 0.3 is 0 Å². The lowest BCUT2D eigenvalue weighted by Gasteiger charge is -2.31. The fraction of sp³-hybridized carbons (Fsp3) is 0.923. The van der Waals surface area contributed by atoms with Gasteiger partial charge in [-0.1, -0.05) is 0 Å². The number of aliphatic imine (C=N–C) groups is 1. The third kappa shape index (κ3) is 4.94. The Morgan fingerprint density at radius 1 is 1.41 bits per heavy atom. The lowest BCUT2D eigenvalue weighted by Crippen LogP contribution is -2.45. The lowest BCUT2D eigenvalue weighted by atomic mass is 10.0. The number of rotatable bonds is 3.